The zero-order chi connectivity index (χ0) is 74.3. The van der Waals surface area contributed by atoms with Gasteiger partial charge in [0.15, 0.2) is 75.8 Å². The van der Waals surface area contributed by atoms with Gasteiger partial charge in [-0.25, -0.2) is 0 Å². The summed E-state index contributed by atoms with van der Waals surface area (Å²) >= 11 is 0. The second-order valence-corrected chi connectivity index (χ2v) is 26.5. The van der Waals surface area contributed by atoms with Crippen LogP contribution in [0.1, 0.15) is 126 Å². The summed E-state index contributed by atoms with van der Waals surface area (Å²) in [6.45, 7) is 0. The first-order chi connectivity index (χ1) is 49.9. The van der Waals surface area contributed by atoms with Gasteiger partial charge in [0, 0.05) is 98.5 Å². The van der Waals surface area contributed by atoms with Crippen molar-refractivity contribution < 1.29 is 151 Å². The average molecular weight is 1440 g/mol. The van der Waals surface area contributed by atoms with Crippen LogP contribution in [0.5, 0.6) is 144 Å². The van der Waals surface area contributed by atoms with Crippen LogP contribution in [-0.4, -0.2) is 153 Å². The summed E-state index contributed by atoms with van der Waals surface area (Å²) in [7, 11) is 0. The molecule has 105 heavy (non-hydrogen) atoms. The van der Waals surface area contributed by atoms with Gasteiger partial charge in [0.25, 0.3) is 0 Å². The van der Waals surface area contributed by atoms with Crippen LogP contribution in [0.25, 0.3) is 0 Å². The molecule has 0 aromatic heterocycles. The number of aliphatic hydroxyl groups excluding tert-OH is 5. The smallest absolute Gasteiger partial charge is 0.305 e. The number of benzene rings is 10. The number of hydrogen-bond acceptors (Lipinski definition) is 30. The molecule has 1 unspecified atom stereocenters. The van der Waals surface area contributed by atoms with Crippen LogP contribution in [0.15, 0.2) is 127 Å². The number of hydrogen-bond donors (Lipinski definition) is 24. The Bertz CT molecular complexity index is 5350. The predicted octanol–water partition coefficient (Wildman–Crippen LogP) is 7.14. The van der Waals surface area contributed by atoms with Crippen molar-refractivity contribution in [1.29, 1.82) is 0 Å². The van der Waals surface area contributed by atoms with Crippen LogP contribution in [-0.2, 0) is 12.2 Å². The van der Waals surface area contributed by atoms with Gasteiger partial charge in [0.2, 0.25) is 0 Å². The second-order valence-electron chi connectivity index (χ2n) is 26.5. The fourth-order valence-corrected chi connectivity index (χ4v) is 15.8. The molecule has 0 radical (unpaired) electrons. The topological polar surface area (TPSA) is 541 Å². The van der Waals surface area contributed by atoms with Gasteiger partial charge < -0.3 is 151 Å². The third-order valence-electron chi connectivity index (χ3n) is 20.5. The molecule has 0 spiro atoms. The quantitative estimate of drug-likeness (QED) is 0.0672. The summed E-state index contributed by atoms with van der Waals surface area (Å²) < 4.78 is 40.4. The van der Waals surface area contributed by atoms with Crippen LogP contribution in [0, 0.1) is 0 Å². The first-order valence-electron chi connectivity index (χ1n) is 32.2. The van der Waals surface area contributed by atoms with Gasteiger partial charge in [-0.05, 0) is 89.0 Å². The minimum atomic E-state index is -2.91. The molecule has 6 aliphatic rings. The van der Waals surface area contributed by atoms with E-state index in [1.807, 2.05) is 0 Å². The van der Waals surface area contributed by atoms with E-state index in [0.29, 0.717) is 6.07 Å². The maximum absolute atomic E-state index is 14.5. The highest BCUT2D eigenvalue weighted by Gasteiger charge is 2.63. The molecular formula is C75H60O30. The van der Waals surface area contributed by atoms with Crippen LogP contribution in [0.4, 0.5) is 0 Å². The number of rotatable bonds is 8. The van der Waals surface area contributed by atoms with Crippen molar-refractivity contribution in [2.75, 3.05) is 0 Å². The lowest BCUT2D eigenvalue weighted by atomic mass is 9.68. The Labute approximate surface area is 588 Å². The first-order valence-corrected chi connectivity index (χ1v) is 32.2. The predicted molar refractivity (Wildman–Crippen MR) is 354 cm³/mol. The fraction of sp³-hybridized carbons (Fsp3) is 0.200. The van der Waals surface area contributed by atoms with E-state index < -0.39 is 285 Å². The molecule has 6 aliphatic heterocycles. The monoisotopic (exact) mass is 1440 g/mol. The Morgan fingerprint density at radius 2 is 0.648 bits per heavy atom. The minimum Gasteiger partial charge on any atom is -0.508 e. The lowest BCUT2D eigenvalue weighted by molar-refractivity contribution is -0.219. The standard InChI is InChI=1S/C75H60O30/c76-28-16-42(89)50-48(18-28)100-67(24-2-7-32(79)38(85)12-24)63(96)55(50)53-45(92)22-46(93)54-57(65(98)68(102-71(53)54)25-3-8-33(80)39(86)13-25)60-62(95)59-56(52-44(91)21-36(83)30-20-47(94)66(101-70(30)52)23-1-6-31(78)37(84)11-23)64(97)69(26-4-9-34(81)40(87)14-26)103-72(59)61-58-51-43(90)17-29(77)19-49(51)104-75(74(58)99,105-73(60)61)27-5-10-35(82)41(88)15-27/h1-19,21-22,47,55-58,63-69,74,76-99H,20H2/t47-,55-,56+,57-,58?,63-,64-,65-,66-,67-,68-,69-,74+,75-/m1/s1. The number of aromatic hydroxyl groups is 19. The molecule has 540 valence electrons. The van der Waals surface area contributed by atoms with Gasteiger partial charge in [-0.1, -0.05) is 24.3 Å². The molecule has 10 aromatic carbocycles. The molecule has 2 bridgehead atoms. The Morgan fingerprint density at radius 3 is 1.12 bits per heavy atom. The zero-order valence-electron chi connectivity index (χ0n) is 53.5. The van der Waals surface area contributed by atoms with Gasteiger partial charge in [-0.15, -0.1) is 0 Å². The van der Waals surface area contributed by atoms with Gasteiger partial charge in [-0.2, -0.15) is 0 Å². The van der Waals surface area contributed by atoms with Crippen LogP contribution < -0.4 is 28.4 Å². The normalized spacial score (nSPS) is 25.1. The number of phenolic OH excluding ortho intramolecular Hbond substituents is 19. The van der Waals surface area contributed by atoms with Crippen molar-refractivity contribution in [3.05, 3.63) is 205 Å². The van der Waals surface area contributed by atoms with Crippen LogP contribution >= 0.6 is 0 Å². The Hall–Kier alpha value is -13.0. The molecule has 30 heteroatoms. The van der Waals surface area contributed by atoms with Crippen LogP contribution in [0.3, 0.4) is 0 Å². The molecular weight excluding hydrogens is 1380 g/mol. The SMILES string of the molecule is Oc1cc(O)c2c(c1)O[C@]1(c3ccc(O)c(O)c3)Oc3c(c4c(c(O)c3[C@H]3c5c(O)cc(O)c([C@H]6c7c(O)cc(O)cc7O[C@H](c7ccc(O)c(O)c7)[C@@H]6O)c5O[C@H](c5ccc(O)c(O)c5)[C@@H]3O)[C@H](c3c(O)cc(O)c5c3O[C@H](c3ccc(O)c(O)c3)[C@H](O)C5)[C@@H](O)[C@@H](c3ccc(O)c(O)c3)O4)C2[C@@H]1O. The van der Waals surface area contributed by atoms with Crippen molar-refractivity contribution in [2.45, 2.75) is 90.8 Å². The van der Waals surface area contributed by atoms with Crippen molar-refractivity contribution in [1.82, 2.24) is 0 Å². The molecule has 6 heterocycles. The van der Waals surface area contributed by atoms with Crippen molar-refractivity contribution in [3.8, 4) is 144 Å². The van der Waals surface area contributed by atoms with E-state index in [-0.39, 0.29) is 27.8 Å². The molecule has 10 aromatic rings. The summed E-state index contributed by atoms with van der Waals surface area (Å²) in [5, 5.41) is 286. The second kappa shape index (κ2) is 23.5. The summed E-state index contributed by atoms with van der Waals surface area (Å²) in [6.07, 6.45) is -18.7. The molecule has 16 rings (SSSR count). The molecule has 24 N–H and O–H groups in total. The summed E-state index contributed by atoms with van der Waals surface area (Å²) in [6, 6.07) is 21.0. The summed E-state index contributed by atoms with van der Waals surface area (Å²) in [5.74, 6) is -30.3. The largest absolute Gasteiger partial charge is 0.508 e. The fourth-order valence-electron chi connectivity index (χ4n) is 15.8. The molecule has 14 atom stereocenters. The number of ether oxygens (including phenoxy) is 6. The third-order valence-corrected chi connectivity index (χ3v) is 20.5. The van der Waals surface area contributed by atoms with E-state index in [2.05, 4.69) is 0 Å². The van der Waals surface area contributed by atoms with E-state index in [1.165, 1.54) is 18.2 Å². The lowest BCUT2D eigenvalue weighted by Gasteiger charge is -2.52. The molecule has 0 amide bonds. The molecule has 0 fully saturated rings. The first kappa shape index (κ1) is 66.5. The number of phenols is 19. The highest BCUT2D eigenvalue weighted by atomic mass is 16.7. The van der Waals surface area contributed by atoms with E-state index in [9.17, 15) is 123 Å². The van der Waals surface area contributed by atoms with Gasteiger partial charge in [-0.3, -0.25) is 0 Å². The molecule has 0 aliphatic carbocycles. The molecule has 0 saturated carbocycles. The van der Waals surface area contributed by atoms with E-state index >= 15 is 0 Å². The van der Waals surface area contributed by atoms with Crippen molar-refractivity contribution in [2.24, 2.45) is 0 Å². The number of aliphatic hydroxyl groups is 5. The minimum absolute atomic E-state index is 0.0171. The van der Waals surface area contributed by atoms with E-state index in [4.69, 9.17) is 28.4 Å². The van der Waals surface area contributed by atoms with Gasteiger partial charge in [0.1, 0.15) is 117 Å². The highest BCUT2D eigenvalue weighted by molar-refractivity contribution is 5.78. The van der Waals surface area contributed by atoms with Crippen molar-refractivity contribution >= 4 is 0 Å². The third kappa shape index (κ3) is 9.89. The van der Waals surface area contributed by atoms with Gasteiger partial charge in [0.05, 0.1) is 29.8 Å². The molecule has 0 saturated heterocycles. The lowest BCUT2D eigenvalue weighted by Crippen LogP contribution is -2.58. The molecule has 30 nitrogen and oxygen atoms in total. The van der Waals surface area contributed by atoms with Gasteiger partial charge >= 0.3 is 5.79 Å². The Kier molecular flexibility index (Phi) is 14.9. The summed E-state index contributed by atoms with van der Waals surface area (Å²) in [5.41, 5.74) is -6.14. The maximum Gasteiger partial charge on any atom is 0.305 e. The maximum atomic E-state index is 14.5. The van der Waals surface area contributed by atoms with Crippen LogP contribution in [0.2, 0.25) is 0 Å². The Balaban J connectivity index is 1.06. The summed E-state index contributed by atoms with van der Waals surface area (Å²) in [4.78, 5) is 0. The van der Waals surface area contributed by atoms with Crippen molar-refractivity contribution in [3.63, 3.8) is 0 Å². The highest BCUT2D eigenvalue weighted by Crippen LogP contribution is 2.70. The van der Waals surface area contributed by atoms with E-state index in [0.717, 1.165) is 103 Å². The number of fused-ring (bicyclic) bond motifs is 11. The average Bonchev–Trinajstić information content (AvgIpc) is 0.676. The zero-order valence-corrected chi connectivity index (χ0v) is 53.5. The Morgan fingerprint density at radius 1 is 0.276 bits per heavy atom. The van der Waals surface area contributed by atoms with E-state index in [1.54, 1.807) is 0 Å².